The number of hydrogen-bond donors (Lipinski definition) is 4. The minimum absolute atomic E-state index is 0.0491. The molecule has 1 unspecified atom stereocenters. The van der Waals surface area contributed by atoms with Crippen LogP contribution in [0.2, 0.25) is 0 Å². The predicted octanol–water partition coefficient (Wildman–Crippen LogP) is 4.09. The number of imidazole rings is 1. The second kappa shape index (κ2) is 22.9. The molecule has 69 heavy (non-hydrogen) atoms. The van der Waals surface area contributed by atoms with Gasteiger partial charge in [0, 0.05) is 47.9 Å². The molecule has 21 nitrogen and oxygen atoms in total. The van der Waals surface area contributed by atoms with Crippen molar-refractivity contribution < 1.29 is 47.7 Å². The summed E-state index contributed by atoms with van der Waals surface area (Å²) in [6, 6.07) is 11.9. The molecule has 3 aliphatic heterocycles. The maximum atomic E-state index is 13.0. The number of carbonyl (C=O) groups excluding carboxylic acids is 5. The number of methoxy groups -OCH3 is 1. The lowest BCUT2D eigenvalue weighted by Gasteiger charge is -2.41. The first-order valence-electron chi connectivity index (χ1n) is 23.4. The molecular formula is C48H57N11O10. The maximum absolute atomic E-state index is 13.0. The molecule has 4 aromatic rings. The molecule has 0 bridgehead atoms. The number of aromatic nitrogens is 4. The molecule has 2 atom stereocenters. The van der Waals surface area contributed by atoms with Gasteiger partial charge in [0.2, 0.25) is 23.7 Å². The van der Waals surface area contributed by atoms with Crippen LogP contribution in [0.4, 0.5) is 23.1 Å². The van der Waals surface area contributed by atoms with Crippen LogP contribution in [-0.2, 0) is 39.9 Å². The van der Waals surface area contributed by atoms with Crippen molar-refractivity contribution in [1.29, 1.82) is 5.26 Å². The number of benzene rings is 2. The van der Waals surface area contributed by atoms with Gasteiger partial charge in [-0.3, -0.25) is 33.9 Å². The zero-order chi connectivity index (χ0) is 48.3. The summed E-state index contributed by atoms with van der Waals surface area (Å²) in [4.78, 5) is 80.5. The highest BCUT2D eigenvalue weighted by atomic mass is 16.6. The number of nitrogens with one attached hydrogen (secondary N) is 4. The van der Waals surface area contributed by atoms with Gasteiger partial charge in [0.1, 0.15) is 29.9 Å². The zero-order valence-corrected chi connectivity index (χ0v) is 38.8. The summed E-state index contributed by atoms with van der Waals surface area (Å²) in [7, 11) is 1.54. The van der Waals surface area contributed by atoms with Crippen LogP contribution >= 0.6 is 0 Å². The standard InChI is InChI=1S/C48H57N11O10/c1-3-37-43-36(26-49)52-29-58(43)39-27-51-48(56-44(39)59(37)31-7-4-5-8-31)54-35-12-11-30(25-40(35)65-2)45(62)50-16-18-67-20-22-69-24-23-68-21-19-66-17-15-42(61)53-34-10-6-9-32-33(34)28-57(47(32)64)38-13-14-41(60)55-46(38)63/h6,9-12,25,27,29,31,37-38H,3-5,7-8,13-24,28H2,1-2H3,(H,50,62)(H,53,61)(H,51,54,56)(H,55,60,63)/t37-,38?/m1/s1. The Hall–Kier alpha value is -6.99. The van der Waals surface area contributed by atoms with Gasteiger partial charge in [-0.1, -0.05) is 25.8 Å². The molecule has 1 saturated heterocycles. The van der Waals surface area contributed by atoms with Crippen LogP contribution in [0.25, 0.3) is 5.69 Å². The van der Waals surface area contributed by atoms with Crippen LogP contribution in [0.5, 0.6) is 5.75 Å². The van der Waals surface area contributed by atoms with Crippen LogP contribution in [0, 0.1) is 11.3 Å². The van der Waals surface area contributed by atoms with Crippen molar-refractivity contribution in [3.63, 3.8) is 0 Å². The molecular weight excluding hydrogens is 891 g/mol. The lowest BCUT2D eigenvalue weighted by atomic mass is 10.0. The monoisotopic (exact) mass is 947 g/mol. The van der Waals surface area contributed by atoms with Crippen LogP contribution in [-0.4, -0.2) is 133 Å². The molecule has 364 valence electrons. The Bertz CT molecular complexity index is 2570. The van der Waals surface area contributed by atoms with E-state index >= 15 is 0 Å². The van der Waals surface area contributed by atoms with E-state index in [-0.39, 0.29) is 74.7 Å². The highest BCUT2D eigenvalue weighted by molar-refractivity contribution is 6.07. The largest absolute Gasteiger partial charge is 0.495 e. The minimum atomic E-state index is -0.737. The van der Waals surface area contributed by atoms with E-state index in [0.29, 0.717) is 91.6 Å². The third kappa shape index (κ3) is 11.2. The number of hydrogen-bond acceptors (Lipinski definition) is 16. The second-order valence-corrected chi connectivity index (χ2v) is 16.9. The average molecular weight is 948 g/mol. The predicted molar refractivity (Wildman–Crippen MR) is 249 cm³/mol. The van der Waals surface area contributed by atoms with Gasteiger partial charge in [-0.15, -0.1) is 0 Å². The Balaban J connectivity index is 0.680. The number of amides is 5. The third-order valence-electron chi connectivity index (χ3n) is 12.6. The molecule has 2 aromatic heterocycles. The lowest BCUT2D eigenvalue weighted by molar-refractivity contribution is -0.137. The molecule has 4 N–H and O–H groups in total. The smallest absolute Gasteiger partial charge is 0.255 e. The highest BCUT2D eigenvalue weighted by Crippen LogP contribution is 2.45. The fraction of sp³-hybridized carbons (Fsp3) is 0.479. The van der Waals surface area contributed by atoms with E-state index in [2.05, 4.69) is 49.1 Å². The van der Waals surface area contributed by atoms with Gasteiger partial charge in [0.15, 0.2) is 11.5 Å². The number of piperidine rings is 1. The molecule has 2 aromatic carbocycles. The number of nitrogens with zero attached hydrogens (tertiary/aromatic N) is 7. The van der Waals surface area contributed by atoms with Crippen molar-refractivity contribution in [2.24, 2.45) is 0 Å². The zero-order valence-electron chi connectivity index (χ0n) is 38.8. The summed E-state index contributed by atoms with van der Waals surface area (Å²) in [5, 5.41) is 21.1. The van der Waals surface area contributed by atoms with Crippen molar-refractivity contribution in [2.45, 2.75) is 83.0 Å². The summed E-state index contributed by atoms with van der Waals surface area (Å²) in [5.41, 5.74) is 4.63. The van der Waals surface area contributed by atoms with Crippen molar-refractivity contribution in [1.82, 2.24) is 35.1 Å². The summed E-state index contributed by atoms with van der Waals surface area (Å²) < 4.78 is 29.9. The summed E-state index contributed by atoms with van der Waals surface area (Å²) >= 11 is 0. The fourth-order valence-corrected chi connectivity index (χ4v) is 9.26. The SMILES string of the molecule is CC[C@@H]1c2c(C#N)ncn2-c2cnc(Nc3ccc(C(=O)NCCOCCOCCOCCOCCC(=O)Nc4cccc5c4CN(C4CCC(=O)NC4=O)C5=O)cc3OC)nc2N1C1CCCC1. The Morgan fingerprint density at radius 2 is 1.65 bits per heavy atom. The van der Waals surface area contributed by atoms with Crippen LogP contribution < -0.4 is 30.9 Å². The first-order chi connectivity index (χ1) is 33.7. The quantitative estimate of drug-likeness (QED) is 0.0604. The molecule has 1 aliphatic carbocycles. The van der Waals surface area contributed by atoms with Crippen molar-refractivity contribution in [2.75, 3.05) is 82.0 Å². The summed E-state index contributed by atoms with van der Waals surface area (Å²) in [5.74, 6) is -0.107. The number of carbonyl (C=O) groups is 5. The highest BCUT2D eigenvalue weighted by Gasteiger charge is 2.41. The van der Waals surface area contributed by atoms with Crippen LogP contribution in [0.1, 0.15) is 102 Å². The van der Waals surface area contributed by atoms with E-state index in [4.69, 9.17) is 28.7 Å². The number of imide groups is 1. The summed E-state index contributed by atoms with van der Waals surface area (Å²) in [6.45, 7) is 5.03. The number of nitriles is 1. The van der Waals surface area contributed by atoms with Crippen LogP contribution in [0.15, 0.2) is 48.9 Å². The van der Waals surface area contributed by atoms with Gasteiger partial charge < -0.3 is 49.4 Å². The lowest BCUT2D eigenvalue weighted by Crippen LogP contribution is -2.52. The molecule has 2 fully saturated rings. The molecule has 1 saturated carbocycles. The molecule has 4 aliphatic rings. The van der Waals surface area contributed by atoms with Crippen molar-refractivity contribution in [3.8, 4) is 17.5 Å². The number of anilines is 4. The molecule has 0 radical (unpaired) electrons. The maximum Gasteiger partial charge on any atom is 0.255 e. The van der Waals surface area contributed by atoms with Gasteiger partial charge in [-0.25, -0.2) is 9.97 Å². The van der Waals surface area contributed by atoms with E-state index in [1.165, 1.54) is 12.0 Å². The third-order valence-corrected chi connectivity index (χ3v) is 12.6. The Morgan fingerprint density at radius 3 is 2.36 bits per heavy atom. The molecule has 8 rings (SSSR count). The minimum Gasteiger partial charge on any atom is -0.495 e. The first kappa shape index (κ1) is 48.5. The van der Waals surface area contributed by atoms with E-state index in [1.807, 2.05) is 4.57 Å². The van der Waals surface area contributed by atoms with E-state index in [9.17, 15) is 29.2 Å². The number of rotatable bonds is 23. The van der Waals surface area contributed by atoms with E-state index < -0.39 is 11.9 Å². The van der Waals surface area contributed by atoms with Crippen molar-refractivity contribution >= 4 is 52.7 Å². The number of fused-ring (bicyclic) bond motifs is 4. The second-order valence-electron chi connectivity index (χ2n) is 16.9. The first-order valence-corrected chi connectivity index (χ1v) is 23.4. The van der Waals surface area contributed by atoms with Gasteiger partial charge in [0.25, 0.3) is 11.8 Å². The Morgan fingerprint density at radius 1 is 0.913 bits per heavy atom. The van der Waals surface area contributed by atoms with E-state index in [1.54, 1.807) is 48.9 Å². The normalized spacial score (nSPS) is 17.5. The molecule has 0 spiro atoms. The fourth-order valence-electron chi connectivity index (χ4n) is 9.26. The van der Waals surface area contributed by atoms with E-state index in [0.717, 1.165) is 49.3 Å². The number of ether oxygens (including phenoxy) is 5. The average Bonchev–Trinajstić information content (AvgIpc) is 4.12. The van der Waals surface area contributed by atoms with Gasteiger partial charge >= 0.3 is 0 Å². The Kier molecular flexibility index (Phi) is 16.1. The molecule has 21 heteroatoms. The topological polar surface area (TPSA) is 253 Å². The van der Waals surface area contributed by atoms with Gasteiger partial charge in [0.05, 0.1) is 90.0 Å². The van der Waals surface area contributed by atoms with Gasteiger partial charge in [-0.2, -0.15) is 10.2 Å². The van der Waals surface area contributed by atoms with Crippen molar-refractivity contribution in [3.05, 3.63) is 77.0 Å². The summed E-state index contributed by atoms with van der Waals surface area (Å²) in [6.07, 6.45) is 9.12. The Labute approximate surface area is 399 Å². The molecule has 5 amide bonds. The molecule has 5 heterocycles. The van der Waals surface area contributed by atoms with Crippen LogP contribution in [0.3, 0.4) is 0 Å². The van der Waals surface area contributed by atoms with Gasteiger partial charge in [-0.05, 0) is 56.0 Å².